The Balaban J connectivity index is 2.15. The van der Waals surface area contributed by atoms with Crippen LogP contribution in [-0.2, 0) is 0 Å². The van der Waals surface area contributed by atoms with E-state index in [2.05, 4.69) is 20.8 Å². The van der Waals surface area contributed by atoms with Crippen molar-refractivity contribution in [2.45, 2.75) is 19.4 Å². The number of hydrogen-bond donors (Lipinski definition) is 2. The molecular weight excluding hydrogens is 282 g/mol. The van der Waals surface area contributed by atoms with Gasteiger partial charge in [0.1, 0.15) is 0 Å². The molecule has 17 heavy (non-hydrogen) atoms. The zero-order chi connectivity index (χ0) is 12.4. The Hall–Kier alpha value is -0.580. The van der Waals surface area contributed by atoms with Gasteiger partial charge >= 0.3 is 0 Å². The maximum Gasteiger partial charge on any atom is 0.0772 e. The molecule has 3 nitrogen and oxygen atoms in total. The second kappa shape index (κ2) is 5.38. The molecule has 0 amide bonds. The molecule has 0 radical (unpaired) electrons. The fraction of sp³-hybridized carbons (Fsp3) is 0.538. The van der Waals surface area contributed by atoms with Gasteiger partial charge in [0, 0.05) is 35.8 Å². The van der Waals surface area contributed by atoms with E-state index in [0.717, 1.165) is 35.2 Å². The normalized spacial score (nSPS) is 21.9. The van der Waals surface area contributed by atoms with Gasteiger partial charge in [0.2, 0.25) is 0 Å². The van der Waals surface area contributed by atoms with E-state index in [1.807, 2.05) is 18.2 Å². The van der Waals surface area contributed by atoms with Gasteiger partial charge in [-0.3, -0.25) is 0 Å². The predicted octanol–water partition coefficient (Wildman–Crippen LogP) is 2.32. The monoisotopic (exact) mass is 299 g/mol. The van der Waals surface area contributed by atoms with Crippen LogP contribution in [-0.4, -0.2) is 29.9 Å². The SMILES string of the molecule is C[C@H](O)c1ccc(N2CCC(CO)C2)cc1Br. The molecule has 1 aliphatic heterocycles. The molecule has 2 N–H and O–H groups in total. The first-order valence-electron chi connectivity index (χ1n) is 5.95. The van der Waals surface area contributed by atoms with Gasteiger partial charge in [0.25, 0.3) is 0 Å². The van der Waals surface area contributed by atoms with Gasteiger partial charge in [0.05, 0.1) is 6.10 Å². The summed E-state index contributed by atoms with van der Waals surface area (Å²) in [5, 5.41) is 18.7. The molecule has 0 saturated carbocycles. The lowest BCUT2D eigenvalue weighted by atomic mass is 10.1. The van der Waals surface area contributed by atoms with Crippen molar-refractivity contribution in [1.82, 2.24) is 0 Å². The minimum Gasteiger partial charge on any atom is -0.396 e. The summed E-state index contributed by atoms with van der Waals surface area (Å²) in [6.07, 6.45) is 0.592. The average Bonchev–Trinajstić information content (AvgIpc) is 2.76. The summed E-state index contributed by atoms with van der Waals surface area (Å²) >= 11 is 3.49. The number of nitrogens with zero attached hydrogens (tertiary/aromatic N) is 1. The van der Waals surface area contributed by atoms with Crippen LogP contribution in [0.5, 0.6) is 0 Å². The summed E-state index contributed by atoms with van der Waals surface area (Å²) in [5.74, 6) is 0.394. The van der Waals surface area contributed by atoms with E-state index < -0.39 is 6.10 Å². The van der Waals surface area contributed by atoms with Crippen LogP contribution in [0.15, 0.2) is 22.7 Å². The maximum atomic E-state index is 9.56. The first-order chi connectivity index (χ1) is 8.11. The number of benzene rings is 1. The van der Waals surface area contributed by atoms with Crippen molar-refractivity contribution >= 4 is 21.6 Å². The minimum atomic E-state index is -0.456. The highest BCUT2D eigenvalue weighted by molar-refractivity contribution is 9.10. The molecule has 1 aliphatic rings. The third kappa shape index (κ3) is 2.81. The van der Waals surface area contributed by atoms with Crippen LogP contribution in [0.4, 0.5) is 5.69 Å². The van der Waals surface area contributed by atoms with Gasteiger partial charge in [-0.05, 0) is 31.0 Å². The number of rotatable bonds is 3. The molecule has 1 unspecified atom stereocenters. The Morgan fingerprint density at radius 1 is 1.53 bits per heavy atom. The number of aliphatic hydroxyl groups is 2. The summed E-state index contributed by atoms with van der Waals surface area (Å²) in [4.78, 5) is 2.28. The highest BCUT2D eigenvalue weighted by Crippen LogP contribution is 2.30. The van der Waals surface area contributed by atoms with Gasteiger partial charge in [-0.1, -0.05) is 22.0 Å². The average molecular weight is 300 g/mol. The quantitative estimate of drug-likeness (QED) is 0.900. The fourth-order valence-electron chi connectivity index (χ4n) is 2.27. The van der Waals surface area contributed by atoms with Gasteiger partial charge < -0.3 is 15.1 Å². The van der Waals surface area contributed by atoms with Crippen molar-refractivity contribution < 1.29 is 10.2 Å². The lowest BCUT2D eigenvalue weighted by molar-refractivity contribution is 0.198. The highest BCUT2D eigenvalue weighted by atomic mass is 79.9. The second-order valence-electron chi connectivity index (χ2n) is 4.67. The van der Waals surface area contributed by atoms with E-state index in [1.54, 1.807) is 6.92 Å². The molecule has 1 fully saturated rings. The predicted molar refractivity (Wildman–Crippen MR) is 72.2 cm³/mol. The zero-order valence-electron chi connectivity index (χ0n) is 9.93. The lowest BCUT2D eigenvalue weighted by Gasteiger charge is -2.20. The molecule has 0 aliphatic carbocycles. The number of halogens is 1. The van der Waals surface area contributed by atoms with Crippen LogP contribution in [0.1, 0.15) is 25.0 Å². The van der Waals surface area contributed by atoms with Crippen molar-refractivity contribution in [2.24, 2.45) is 5.92 Å². The largest absolute Gasteiger partial charge is 0.396 e. The van der Waals surface area contributed by atoms with E-state index in [1.165, 1.54) is 0 Å². The van der Waals surface area contributed by atoms with Crippen molar-refractivity contribution in [2.75, 3.05) is 24.6 Å². The van der Waals surface area contributed by atoms with E-state index in [4.69, 9.17) is 5.11 Å². The molecule has 1 heterocycles. The molecule has 94 valence electrons. The molecule has 4 heteroatoms. The molecule has 1 saturated heterocycles. The van der Waals surface area contributed by atoms with E-state index in [-0.39, 0.29) is 6.61 Å². The Kier molecular flexibility index (Phi) is 4.07. The van der Waals surface area contributed by atoms with Crippen LogP contribution < -0.4 is 4.90 Å². The van der Waals surface area contributed by atoms with Crippen molar-refractivity contribution in [1.29, 1.82) is 0 Å². The first kappa shape index (κ1) is 12.9. The lowest BCUT2D eigenvalue weighted by Crippen LogP contribution is -2.20. The van der Waals surface area contributed by atoms with Crippen molar-refractivity contribution in [3.63, 3.8) is 0 Å². The van der Waals surface area contributed by atoms with Crippen LogP contribution in [0.2, 0.25) is 0 Å². The van der Waals surface area contributed by atoms with Gasteiger partial charge in [-0.15, -0.1) is 0 Å². The van der Waals surface area contributed by atoms with Crippen LogP contribution >= 0.6 is 15.9 Å². The van der Waals surface area contributed by atoms with Crippen LogP contribution in [0.25, 0.3) is 0 Å². The standard InChI is InChI=1S/C13H18BrNO2/c1-9(17)12-3-2-11(6-13(12)14)15-5-4-10(7-15)8-16/h2-3,6,9-10,16-17H,4-5,7-8H2,1H3/t9-,10?/m0/s1. The second-order valence-corrected chi connectivity index (χ2v) is 5.52. The molecule has 0 aromatic heterocycles. The molecule has 2 atom stereocenters. The summed E-state index contributed by atoms with van der Waals surface area (Å²) < 4.78 is 0.942. The van der Waals surface area contributed by atoms with Crippen molar-refractivity contribution in [3.05, 3.63) is 28.2 Å². The van der Waals surface area contributed by atoms with Crippen LogP contribution in [0, 0.1) is 5.92 Å². The first-order valence-corrected chi connectivity index (χ1v) is 6.74. The topological polar surface area (TPSA) is 43.7 Å². The number of aliphatic hydroxyl groups excluding tert-OH is 2. The number of anilines is 1. The third-order valence-corrected chi connectivity index (χ3v) is 4.03. The summed E-state index contributed by atoms with van der Waals surface area (Å²) in [6, 6.07) is 6.03. The zero-order valence-corrected chi connectivity index (χ0v) is 11.5. The smallest absolute Gasteiger partial charge is 0.0772 e. The van der Waals surface area contributed by atoms with Gasteiger partial charge in [-0.25, -0.2) is 0 Å². The molecule has 0 spiro atoms. The Morgan fingerprint density at radius 3 is 2.82 bits per heavy atom. The summed E-state index contributed by atoms with van der Waals surface area (Å²) in [5.41, 5.74) is 2.06. The van der Waals surface area contributed by atoms with E-state index in [9.17, 15) is 5.11 Å². The fourth-order valence-corrected chi connectivity index (χ4v) is 2.97. The van der Waals surface area contributed by atoms with Crippen molar-refractivity contribution in [3.8, 4) is 0 Å². The molecule has 1 aromatic carbocycles. The minimum absolute atomic E-state index is 0.267. The Bertz CT molecular complexity index is 395. The third-order valence-electron chi connectivity index (χ3n) is 3.34. The maximum absolute atomic E-state index is 9.56. The van der Waals surface area contributed by atoms with E-state index in [0.29, 0.717) is 5.92 Å². The molecule has 2 rings (SSSR count). The Morgan fingerprint density at radius 2 is 2.29 bits per heavy atom. The summed E-state index contributed by atoms with van der Waals surface area (Å²) in [7, 11) is 0. The van der Waals surface area contributed by atoms with Gasteiger partial charge in [0.15, 0.2) is 0 Å². The van der Waals surface area contributed by atoms with Gasteiger partial charge in [-0.2, -0.15) is 0 Å². The highest BCUT2D eigenvalue weighted by Gasteiger charge is 2.22. The number of hydrogen-bond acceptors (Lipinski definition) is 3. The molecular formula is C13H18BrNO2. The molecule has 1 aromatic rings. The van der Waals surface area contributed by atoms with E-state index >= 15 is 0 Å². The summed E-state index contributed by atoms with van der Waals surface area (Å²) in [6.45, 7) is 3.93. The Labute approximate surface area is 110 Å². The molecule has 0 bridgehead atoms. The van der Waals surface area contributed by atoms with Crippen LogP contribution in [0.3, 0.4) is 0 Å².